The van der Waals surface area contributed by atoms with E-state index in [1.54, 1.807) is 20.5 Å². The maximum absolute atomic E-state index is 5.83. The lowest BCUT2D eigenvalue weighted by molar-refractivity contribution is 0.0215. The molecule has 0 saturated carbocycles. The quantitative estimate of drug-likeness (QED) is 0.845. The Morgan fingerprint density at radius 3 is 2.65 bits per heavy atom. The van der Waals surface area contributed by atoms with E-state index in [0.717, 1.165) is 42.7 Å². The van der Waals surface area contributed by atoms with Gasteiger partial charge in [0.15, 0.2) is 11.5 Å². The largest absolute Gasteiger partial charge is 0.493 e. The maximum atomic E-state index is 5.83. The van der Waals surface area contributed by atoms with E-state index < -0.39 is 0 Å². The summed E-state index contributed by atoms with van der Waals surface area (Å²) in [6.07, 6.45) is 5.34. The number of aromatic nitrogens is 2. The summed E-state index contributed by atoms with van der Waals surface area (Å²) < 4.78 is 16.6. The molecule has 1 fully saturated rings. The fourth-order valence-corrected chi connectivity index (χ4v) is 3.02. The molecule has 1 aromatic carbocycles. The van der Waals surface area contributed by atoms with Crippen molar-refractivity contribution in [2.45, 2.75) is 25.4 Å². The first-order chi connectivity index (χ1) is 11.2. The summed E-state index contributed by atoms with van der Waals surface area (Å²) in [7, 11) is 5.29. The Hall–Kier alpha value is -2.08. The van der Waals surface area contributed by atoms with Gasteiger partial charge in [0.2, 0.25) is 0 Å². The Morgan fingerprint density at radius 2 is 1.96 bits per heavy atom. The molecule has 1 atom stereocenters. The highest BCUT2D eigenvalue weighted by molar-refractivity contribution is 5.91. The van der Waals surface area contributed by atoms with Crippen LogP contribution in [-0.4, -0.2) is 50.5 Å². The van der Waals surface area contributed by atoms with Crippen molar-refractivity contribution in [3.8, 4) is 11.5 Å². The highest BCUT2D eigenvalue weighted by atomic mass is 16.5. The van der Waals surface area contributed by atoms with Crippen molar-refractivity contribution < 1.29 is 14.2 Å². The molecule has 0 radical (unpaired) electrons. The van der Waals surface area contributed by atoms with Crippen molar-refractivity contribution in [2.24, 2.45) is 0 Å². The van der Waals surface area contributed by atoms with E-state index in [1.165, 1.54) is 6.42 Å². The Labute approximate surface area is 136 Å². The number of methoxy groups -OCH3 is 2. The highest BCUT2D eigenvalue weighted by Crippen LogP contribution is 2.34. The fraction of sp³-hybridized carbons (Fsp3) is 0.529. The van der Waals surface area contributed by atoms with Crippen LogP contribution in [0, 0.1) is 0 Å². The molecular weight excluding hydrogens is 294 g/mol. The average Bonchev–Trinajstić information content (AvgIpc) is 2.60. The zero-order valence-corrected chi connectivity index (χ0v) is 13.9. The molecule has 0 aliphatic carbocycles. The van der Waals surface area contributed by atoms with Crippen LogP contribution in [0.4, 0.5) is 5.82 Å². The van der Waals surface area contributed by atoms with Gasteiger partial charge >= 0.3 is 0 Å². The summed E-state index contributed by atoms with van der Waals surface area (Å²) in [5.41, 5.74) is 0.837. The van der Waals surface area contributed by atoms with E-state index in [-0.39, 0.29) is 6.10 Å². The van der Waals surface area contributed by atoms with Crippen LogP contribution in [0.5, 0.6) is 11.5 Å². The Morgan fingerprint density at radius 1 is 1.17 bits per heavy atom. The summed E-state index contributed by atoms with van der Waals surface area (Å²) in [4.78, 5) is 10.9. The molecule has 3 rings (SSSR count). The molecule has 1 aromatic heterocycles. The fourth-order valence-electron chi connectivity index (χ4n) is 3.02. The van der Waals surface area contributed by atoms with Crippen molar-refractivity contribution in [3.63, 3.8) is 0 Å². The molecular formula is C17H23N3O3. The minimum Gasteiger partial charge on any atom is -0.493 e. The summed E-state index contributed by atoms with van der Waals surface area (Å²) in [5, 5.41) is 0.948. The van der Waals surface area contributed by atoms with Crippen molar-refractivity contribution in [3.05, 3.63) is 18.5 Å². The number of anilines is 1. The Kier molecular flexibility index (Phi) is 4.81. The summed E-state index contributed by atoms with van der Waals surface area (Å²) in [5.74, 6) is 2.23. The van der Waals surface area contributed by atoms with Crippen molar-refractivity contribution in [2.75, 3.05) is 39.3 Å². The van der Waals surface area contributed by atoms with E-state index in [0.29, 0.717) is 11.5 Å². The molecule has 23 heavy (non-hydrogen) atoms. The number of ether oxygens (including phenoxy) is 3. The normalized spacial score (nSPS) is 18.0. The van der Waals surface area contributed by atoms with Crippen LogP contribution in [0.2, 0.25) is 0 Å². The van der Waals surface area contributed by atoms with Crippen LogP contribution < -0.4 is 14.4 Å². The predicted octanol–water partition coefficient (Wildman–Crippen LogP) is 2.65. The van der Waals surface area contributed by atoms with Gasteiger partial charge in [-0.3, -0.25) is 0 Å². The summed E-state index contributed by atoms with van der Waals surface area (Å²) >= 11 is 0. The van der Waals surface area contributed by atoms with Crippen LogP contribution in [-0.2, 0) is 4.74 Å². The average molecular weight is 317 g/mol. The third-order valence-corrected chi connectivity index (χ3v) is 4.23. The topological polar surface area (TPSA) is 56.7 Å². The van der Waals surface area contributed by atoms with Crippen molar-refractivity contribution in [1.29, 1.82) is 0 Å². The van der Waals surface area contributed by atoms with Gasteiger partial charge in [0.1, 0.15) is 12.1 Å². The van der Waals surface area contributed by atoms with Gasteiger partial charge in [0.25, 0.3) is 0 Å². The molecule has 6 nitrogen and oxygen atoms in total. The van der Waals surface area contributed by atoms with Gasteiger partial charge in [-0.1, -0.05) is 0 Å². The second-order valence-corrected chi connectivity index (χ2v) is 5.79. The molecule has 0 spiro atoms. The van der Waals surface area contributed by atoms with E-state index in [2.05, 4.69) is 14.9 Å². The Bertz CT molecular complexity index is 671. The molecule has 0 bridgehead atoms. The summed E-state index contributed by atoms with van der Waals surface area (Å²) in [6.45, 7) is 1.68. The molecule has 0 amide bonds. The van der Waals surface area contributed by atoms with Crippen LogP contribution in [0.25, 0.3) is 10.9 Å². The smallest absolute Gasteiger partial charge is 0.162 e. The molecule has 1 aliphatic heterocycles. The van der Waals surface area contributed by atoms with Gasteiger partial charge in [-0.2, -0.15) is 0 Å². The number of fused-ring (bicyclic) bond motifs is 1. The number of hydrogen-bond acceptors (Lipinski definition) is 6. The third kappa shape index (κ3) is 3.32. The SMILES string of the molecule is COc1cc2ncnc(N(C)CC3CCCCO3)c2cc1OC. The highest BCUT2D eigenvalue weighted by Gasteiger charge is 2.19. The maximum Gasteiger partial charge on any atom is 0.162 e. The minimum atomic E-state index is 0.263. The monoisotopic (exact) mass is 317 g/mol. The van der Waals surface area contributed by atoms with Gasteiger partial charge in [0.05, 0.1) is 25.8 Å². The lowest BCUT2D eigenvalue weighted by Gasteiger charge is -2.28. The number of likely N-dealkylation sites (N-methyl/N-ethyl adjacent to an activating group) is 1. The van der Waals surface area contributed by atoms with Gasteiger partial charge in [-0.15, -0.1) is 0 Å². The molecule has 124 valence electrons. The van der Waals surface area contributed by atoms with E-state index in [9.17, 15) is 0 Å². The first kappa shape index (κ1) is 15.8. The number of rotatable bonds is 5. The van der Waals surface area contributed by atoms with Gasteiger partial charge < -0.3 is 19.1 Å². The zero-order valence-electron chi connectivity index (χ0n) is 13.9. The van der Waals surface area contributed by atoms with Crippen LogP contribution in [0.3, 0.4) is 0 Å². The molecule has 2 aromatic rings. The number of benzene rings is 1. The van der Waals surface area contributed by atoms with Gasteiger partial charge in [0, 0.05) is 31.7 Å². The first-order valence-corrected chi connectivity index (χ1v) is 7.92. The molecule has 6 heteroatoms. The van der Waals surface area contributed by atoms with Crippen molar-refractivity contribution in [1.82, 2.24) is 9.97 Å². The van der Waals surface area contributed by atoms with E-state index >= 15 is 0 Å². The molecule has 1 unspecified atom stereocenters. The van der Waals surface area contributed by atoms with Crippen LogP contribution in [0.15, 0.2) is 18.5 Å². The second-order valence-electron chi connectivity index (χ2n) is 5.79. The second kappa shape index (κ2) is 7.00. The minimum absolute atomic E-state index is 0.263. The molecule has 1 aliphatic rings. The van der Waals surface area contributed by atoms with Crippen molar-refractivity contribution >= 4 is 16.7 Å². The standard InChI is InChI=1S/C17H23N3O3/c1-20(10-12-6-4-5-7-23-12)17-13-8-15(21-2)16(22-3)9-14(13)18-11-19-17/h8-9,11-12H,4-7,10H2,1-3H3. The molecule has 0 N–H and O–H groups in total. The Balaban J connectivity index is 1.92. The van der Waals surface area contributed by atoms with E-state index in [1.807, 2.05) is 19.2 Å². The van der Waals surface area contributed by atoms with Gasteiger partial charge in [-0.25, -0.2) is 9.97 Å². The van der Waals surface area contributed by atoms with Crippen LogP contribution >= 0.6 is 0 Å². The lowest BCUT2D eigenvalue weighted by atomic mass is 10.1. The number of hydrogen-bond donors (Lipinski definition) is 0. The van der Waals surface area contributed by atoms with E-state index in [4.69, 9.17) is 14.2 Å². The molecule has 1 saturated heterocycles. The first-order valence-electron chi connectivity index (χ1n) is 7.92. The third-order valence-electron chi connectivity index (χ3n) is 4.23. The lowest BCUT2D eigenvalue weighted by Crippen LogP contribution is -2.33. The summed E-state index contributed by atoms with van der Waals surface area (Å²) in [6, 6.07) is 3.81. The predicted molar refractivity (Wildman–Crippen MR) is 89.5 cm³/mol. The number of nitrogens with zero attached hydrogens (tertiary/aromatic N) is 3. The molecule has 2 heterocycles. The van der Waals surface area contributed by atoms with Crippen LogP contribution in [0.1, 0.15) is 19.3 Å². The zero-order chi connectivity index (χ0) is 16.2. The van der Waals surface area contributed by atoms with Gasteiger partial charge in [-0.05, 0) is 25.3 Å².